The third-order valence-corrected chi connectivity index (χ3v) is 2.49. The molecule has 0 radical (unpaired) electrons. The first-order chi connectivity index (χ1) is 8.22. The minimum atomic E-state index is -0.928. The average molecular weight is 232 g/mol. The van der Waals surface area contributed by atoms with E-state index in [0.29, 0.717) is 5.56 Å². The lowest BCUT2D eigenvalue weighted by Crippen LogP contribution is -2.21. The molecule has 17 heavy (non-hydrogen) atoms. The fraction of sp³-hybridized carbons (Fsp3) is 0.182. The van der Waals surface area contributed by atoms with Crippen LogP contribution in [-0.2, 0) is 4.79 Å². The lowest BCUT2D eigenvalue weighted by atomic mass is 9.99. The predicted molar refractivity (Wildman–Crippen MR) is 60.8 cm³/mol. The summed E-state index contributed by atoms with van der Waals surface area (Å²) in [4.78, 5) is 14.9. The molecule has 0 aliphatic carbocycles. The van der Waals surface area contributed by atoms with Crippen LogP contribution >= 0.6 is 0 Å². The standard InChI is InChI=1S/C11H12N4O2/c12-5-10(11(16)17)8-2-1-3-9(4-8)15-7-13-6-14-15/h1-4,6-7,10H,5,12H2,(H,16,17). The zero-order chi connectivity index (χ0) is 12.3. The summed E-state index contributed by atoms with van der Waals surface area (Å²) in [7, 11) is 0. The molecule has 0 aliphatic rings. The van der Waals surface area contributed by atoms with E-state index in [0.717, 1.165) is 5.69 Å². The molecule has 6 nitrogen and oxygen atoms in total. The highest BCUT2D eigenvalue weighted by atomic mass is 16.4. The summed E-state index contributed by atoms with van der Waals surface area (Å²) in [5.41, 5.74) is 6.88. The SMILES string of the molecule is NCC(C(=O)O)c1cccc(-n2cncn2)c1. The van der Waals surface area contributed by atoms with Gasteiger partial charge in [0.1, 0.15) is 12.7 Å². The second kappa shape index (κ2) is 4.75. The summed E-state index contributed by atoms with van der Waals surface area (Å²) in [6, 6.07) is 7.10. The van der Waals surface area contributed by atoms with Gasteiger partial charge >= 0.3 is 5.97 Å². The molecule has 1 unspecified atom stereocenters. The molecule has 0 saturated heterocycles. The van der Waals surface area contributed by atoms with Crippen LogP contribution in [0.25, 0.3) is 5.69 Å². The molecule has 1 aromatic carbocycles. The number of aliphatic carboxylic acids is 1. The van der Waals surface area contributed by atoms with E-state index in [4.69, 9.17) is 10.8 Å². The molecule has 0 bridgehead atoms. The summed E-state index contributed by atoms with van der Waals surface area (Å²) in [5.74, 6) is -1.62. The summed E-state index contributed by atoms with van der Waals surface area (Å²) in [6.07, 6.45) is 2.97. The minimum absolute atomic E-state index is 0.0656. The Hall–Kier alpha value is -2.21. The predicted octanol–water partition coefficient (Wildman–Crippen LogP) is 0.394. The number of carbonyl (C=O) groups is 1. The van der Waals surface area contributed by atoms with Crippen LogP contribution in [0.5, 0.6) is 0 Å². The van der Waals surface area contributed by atoms with Crippen LogP contribution < -0.4 is 5.73 Å². The molecule has 0 aliphatic heterocycles. The van der Waals surface area contributed by atoms with Crippen molar-refractivity contribution in [1.29, 1.82) is 0 Å². The number of hydrogen-bond acceptors (Lipinski definition) is 4. The van der Waals surface area contributed by atoms with Crippen LogP contribution in [0.1, 0.15) is 11.5 Å². The van der Waals surface area contributed by atoms with Crippen molar-refractivity contribution >= 4 is 5.97 Å². The Morgan fingerprint density at radius 2 is 2.35 bits per heavy atom. The Morgan fingerprint density at radius 3 is 2.94 bits per heavy atom. The fourth-order valence-corrected chi connectivity index (χ4v) is 1.61. The van der Waals surface area contributed by atoms with Gasteiger partial charge in [-0.25, -0.2) is 9.67 Å². The number of carboxylic acids is 1. The maximum absolute atomic E-state index is 11.0. The Morgan fingerprint density at radius 1 is 1.53 bits per heavy atom. The summed E-state index contributed by atoms with van der Waals surface area (Å²) >= 11 is 0. The number of hydrogen-bond donors (Lipinski definition) is 2. The van der Waals surface area contributed by atoms with Crippen LogP contribution in [-0.4, -0.2) is 32.4 Å². The van der Waals surface area contributed by atoms with E-state index in [1.807, 2.05) is 6.07 Å². The molecule has 88 valence electrons. The van der Waals surface area contributed by atoms with Gasteiger partial charge < -0.3 is 10.8 Å². The molecule has 0 saturated carbocycles. The van der Waals surface area contributed by atoms with Crippen molar-refractivity contribution in [2.45, 2.75) is 5.92 Å². The second-order valence-corrected chi connectivity index (χ2v) is 3.56. The molecule has 2 rings (SSSR count). The minimum Gasteiger partial charge on any atom is -0.481 e. The van der Waals surface area contributed by atoms with Crippen molar-refractivity contribution in [3.8, 4) is 5.69 Å². The first-order valence-corrected chi connectivity index (χ1v) is 5.10. The van der Waals surface area contributed by atoms with E-state index < -0.39 is 11.9 Å². The van der Waals surface area contributed by atoms with Crippen molar-refractivity contribution < 1.29 is 9.90 Å². The molecule has 0 fully saturated rings. The van der Waals surface area contributed by atoms with Gasteiger partial charge in [0.25, 0.3) is 0 Å². The molecular weight excluding hydrogens is 220 g/mol. The van der Waals surface area contributed by atoms with Crippen LogP contribution in [0.4, 0.5) is 0 Å². The molecule has 0 spiro atoms. The molecule has 2 aromatic rings. The third-order valence-electron chi connectivity index (χ3n) is 2.49. The average Bonchev–Trinajstić information content (AvgIpc) is 2.83. The molecule has 1 atom stereocenters. The number of rotatable bonds is 4. The summed E-state index contributed by atoms with van der Waals surface area (Å²) in [5, 5.41) is 13.0. The van der Waals surface area contributed by atoms with E-state index >= 15 is 0 Å². The number of nitrogens with zero attached hydrogens (tertiary/aromatic N) is 3. The van der Waals surface area contributed by atoms with Crippen LogP contribution in [0.3, 0.4) is 0 Å². The Kier molecular flexibility index (Phi) is 3.15. The van der Waals surface area contributed by atoms with Gasteiger partial charge in [-0.05, 0) is 17.7 Å². The molecule has 1 aromatic heterocycles. The smallest absolute Gasteiger partial charge is 0.312 e. The highest BCUT2D eigenvalue weighted by Crippen LogP contribution is 2.18. The molecule has 6 heteroatoms. The topological polar surface area (TPSA) is 94.0 Å². The van der Waals surface area contributed by atoms with Gasteiger partial charge in [-0.1, -0.05) is 12.1 Å². The van der Waals surface area contributed by atoms with E-state index in [1.54, 1.807) is 29.2 Å². The largest absolute Gasteiger partial charge is 0.481 e. The van der Waals surface area contributed by atoms with Crippen LogP contribution in [0.2, 0.25) is 0 Å². The highest BCUT2D eigenvalue weighted by Gasteiger charge is 2.18. The van der Waals surface area contributed by atoms with Crippen LogP contribution in [0, 0.1) is 0 Å². The lowest BCUT2D eigenvalue weighted by Gasteiger charge is -2.11. The Labute approximate surface area is 97.7 Å². The number of aromatic nitrogens is 3. The normalized spacial score (nSPS) is 12.3. The third kappa shape index (κ3) is 2.31. The first-order valence-electron chi connectivity index (χ1n) is 5.10. The number of benzene rings is 1. The molecule has 0 amide bonds. The van der Waals surface area contributed by atoms with E-state index in [-0.39, 0.29) is 6.54 Å². The zero-order valence-corrected chi connectivity index (χ0v) is 9.02. The number of carboxylic acid groups (broad SMARTS) is 1. The van der Waals surface area contributed by atoms with Gasteiger partial charge in [-0.15, -0.1) is 0 Å². The molecule has 3 N–H and O–H groups in total. The van der Waals surface area contributed by atoms with Crippen molar-refractivity contribution in [3.05, 3.63) is 42.5 Å². The second-order valence-electron chi connectivity index (χ2n) is 3.56. The van der Waals surface area contributed by atoms with Gasteiger partial charge in [0.2, 0.25) is 0 Å². The van der Waals surface area contributed by atoms with Crippen molar-refractivity contribution in [2.75, 3.05) is 6.54 Å². The van der Waals surface area contributed by atoms with Gasteiger partial charge in [0.05, 0.1) is 11.6 Å². The quantitative estimate of drug-likeness (QED) is 0.795. The van der Waals surface area contributed by atoms with Gasteiger partial charge in [0.15, 0.2) is 0 Å². The fourth-order valence-electron chi connectivity index (χ4n) is 1.61. The highest BCUT2D eigenvalue weighted by molar-refractivity contribution is 5.76. The van der Waals surface area contributed by atoms with Crippen molar-refractivity contribution in [3.63, 3.8) is 0 Å². The number of nitrogens with two attached hydrogens (primary N) is 1. The van der Waals surface area contributed by atoms with E-state index in [1.165, 1.54) is 6.33 Å². The molecular formula is C11H12N4O2. The maximum Gasteiger partial charge on any atom is 0.312 e. The van der Waals surface area contributed by atoms with Gasteiger partial charge in [-0.2, -0.15) is 5.10 Å². The monoisotopic (exact) mass is 232 g/mol. The van der Waals surface area contributed by atoms with E-state index in [2.05, 4.69) is 10.1 Å². The Bertz CT molecular complexity index is 510. The summed E-state index contributed by atoms with van der Waals surface area (Å²) < 4.78 is 1.57. The summed E-state index contributed by atoms with van der Waals surface area (Å²) in [6.45, 7) is 0.0656. The lowest BCUT2D eigenvalue weighted by molar-refractivity contribution is -0.138. The Balaban J connectivity index is 2.37. The molecule has 1 heterocycles. The van der Waals surface area contributed by atoms with Gasteiger partial charge in [-0.3, -0.25) is 4.79 Å². The van der Waals surface area contributed by atoms with Crippen molar-refractivity contribution in [1.82, 2.24) is 14.8 Å². The van der Waals surface area contributed by atoms with Crippen molar-refractivity contribution in [2.24, 2.45) is 5.73 Å². The maximum atomic E-state index is 11.0. The van der Waals surface area contributed by atoms with E-state index in [9.17, 15) is 4.79 Å². The first kappa shape index (κ1) is 11.3. The zero-order valence-electron chi connectivity index (χ0n) is 9.02. The van der Waals surface area contributed by atoms with Gasteiger partial charge in [0, 0.05) is 6.54 Å². The van der Waals surface area contributed by atoms with Crippen LogP contribution in [0.15, 0.2) is 36.9 Å².